The summed E-state index contributed by atoms with van der Waals surface area (Å²) in [6.07, 6.45) is 8.51. The Balaban J connectivity index is 1.42. The molecule has 0 saturated carbocycles. The molecule has 1 N–H and O–H groups in total. The highest BCUT2D eigenvalue weighted by Gasteiger charge is 2.17. The first-order valence-corrected chi connectivity index (χ1v) is 12.3. The second kappa shape index (κ2) is 12.1. The van der Waals surface area contributed by atoms with Crippen LogP contribution in [0.4, 0.5) is 0 Å². The topological polar surface area (TPSA) is 94.3 Å². The van der Waals surface area contributed by atoms with Crippen molar-refractivity contribution in [3.63, 3.8) is 0 Å². The number of methoxy groups -OCH3 is 1. The smallest absolute Gasteiger partial charge is 0.250 e. The lowest BCUT2D eigenvalue weighted by Crippen LogP contribution is -2.19. The molecule has 0 atom stereocenters. The summed E-state index contributed by atoms with van der Waals surface area (Å²) in [6.45, 7) is 0. The molecule has 4 aromatic rings. The number of rotatable bonds is 9. The maximum absolute atomic E-state index is 12.4. The number of para-hydroxylation sites is 1. The zero-order valence-electron chi connectivity index (χ0n) is 18.7. The molecule has 35 heavy (non-hydrogen) atoms. The molecule has 0 spiro atoms. The van der Waals surface area contributed by atoms with Gasteiger partial charge in [-0.25, -0.2) is 5.43 Å². The van der Waals surface area contributed by atoms with E-state index in [1.807, 2.05) is 71.3 Å². The molecule has 0 unspecified atom stereocenters. The van der Waals surface area contributed by atoms with Crippen LogP contribution >= 0.6 is 27.7 Å². The Morgan fingerprint density at radius 2 is 1.89 bits per heavy atom. The number of hydrogen-bond donors (Lipinski definition) is 1. The summed E-state index contributed by atoms with van der Waals surface area (Å²) in [7, 11) is 1.62. The maximum atomic E-state index is 12.4. The van der Waals surface area contributed by atoms with Gasteiger partial charge in [0, 0.05) is 39.9 Å². The van der Waals surface area contributed by atoms with Crippen LogP contribution in [0.5, 0.6) is 5.75 Å². The molecule has 10 heteroatoms. The quantitative estimate of drug-likeness (QED) is 0.179. The molecule has 0 aliphatic heterocycles. The number of allylic oxidation sites excluding steroid dienone is 1. The van der Waals surface area contributed by atoms with Gasteiger partial charge in [-0.05, 0) is 54.6 Å². The highest BCUT2D eigenvalue weighted by Crippen LogP contribution is 2.28. The normalized spacial score (nSPS) is 11.3. The molecule has 0 fully saturated rings. The third-order valence-corrected chi connectivity index (χ3v) is 6.21. The zero-order valence-corrected chi connectivity index (χ0v) is 21.1. The number of pyridine rings is 1. The van der Waals surface area contributed by atoms with E-state index in [0.717, 1.165) is 27.0 Å². The van der Waals surface area contributed by atoms with Crippen LogP contribution in [0.2, 0.25) is 0 Å². The van der Waals surface area contributed by atoms with E-state index in [1.54, 1.807) is 25.6 Å². The number of hydrogen-bond acceptors (Lipinski definition) is 7. The van der Waals surface area contributed by atoms with Crippen molar-refractivity contribution >= 4 is 45.9 Å². The number of nitrogens with zero attached hydrogens (tertiary/aromatic N) is 5. The predicted molar refractivity (Wildman–Crippen MR) is 142 cm³/mol. The van der Waals surface area contributed by atoms with Gasteiger partial charge in [-0.3, -0.25) is 14.3 Å². The van der Waals surface area contributed by atoms with Crippen LogP contribution in [0, 0.1) is 0 Å². The van der Waals surface area contributed by atoms with Gasteiger partial charge in [0.1, 0.15) is 5.75 Å². The average Bonchev–Trinajstić information content (AvgIpc) is 3.32. The van der Waals surface area contributed by atoms with Crippen LogP contribution in [-0.4, -0.2) is 44.7 Å². The van der Waals surface area contributed by atoms with Crippen LogP contribution in [0.3, 0.4) is 0 Å². The van der Waals surface area contributed by atoms with Crippen molar-refractivity contribution in [1.29, 1.82) is 0 Å². The number of aromatic nitrogens is 4. The molecule has 0 aliphatic rings. The van der Waals surface area contributed by atoms with Crippen LogP contribution in [0.25, 0.3) is 23.2 Å². The summed E-state index contributed by atoms with van der Waals surface area (Å²) in [5, 5.41) is 13.3. The number of nitrogens with one attached hydrogen (secondary N) is 1. The second-order valence-corrected chi connectivity index (χ2v) is 8.91. The molecule has 176 valence electrons. The second-order valence-electron chi connectivity index (χ2n) is 7.06. The van der Waals surface area contributed by atoms with E-state index in [4.69, 9.17) is 4.74 Å². The van der Waals surface area contributed by atoms with E-state index in [9.17, 15) is 4.79 Å². The number of halogens is 1. The highest BCUT2D eigenvalue weighted by molar-refractivity contribution is 9.10. The molecule has 0 bridgehead atoms. The first-order chi connectivity index (χ1) is 17.2. The lowest BCUT2D eigenvalue weighted by Gasteiger charge is -2.10. The van der Waals surface area contributed by atoms with Crippen molar-refractivity contribution in [2.24, 2.45) is 5.10 Å². The van der Waals surface area contributed by atoms with Gasteiger partial charge in [0.2, 0.25) is 0 Å². The highest BCUT2D eigenvalue weighted by atomic mass is 79.9. The summed E-state index contributed by atoms with van der Waals surface area (Å²) < 4.78 is 8.18. The van der Waals surface area contributed by atoms with Gasteiger partial charge in [-0.2, -0.15) is 5.10 Å². The molecule has 1 amide bonds. The zero-order chi connectivity index (χ0) is 24.5. The van der Waals surface area contributed by atoms with Crippen molar-refractivity contribution in [1.82, 2.24) is 25.2 Å². The predicted octanol–water partition coefficient (Wildman–Crippen LogP) is 5.01. The average molecular weight is 549 g/mol. The minimum Gasteiger partial charge on any atom is -0.496 e. The molecule has 2 aromatic heterocycles. The fraction of sp³-hybridized carbons (Fsp3) is 0.0800. The van der Waals surface area contributed by atoms with Gasteiger partial charge in [0.05, 0.1) is 12.9 Å². The van der Waals surface area contributed by atoms with Gasteiger partial charge >= 0.3 is 0 Å². The van der Waals surface area contributed by atoms with Gasteiger partial charge < -0.3 is 4.74 Å². The molecule has 4 rings (SSSR count). The van der Waals surface area contributed by atoms with Gasteiger partial charge in [0.15, 0.2) is 11.0 Å². The third-order valence-electron chi connectivity index (χ3n) is 4.75. The molecular weight excluding hydrogens is 528 g/mol. The van der Waals surface area contributed by atoms with E-state index >= 15 is 0 Å². The van der Waals surface area contributed by atoms with Crippen molar-refractivity contribution in [3.05, 3.63) is 89.2 Å². The molecule has 2 heterocycles. The Labute approximate surface area is 215 Å². The Bertz CT molecular complexity index is 1340. The van der Waals surface area contributed by atoms with E-state index in [1.165, 1.54) is 18.0 Å². The first kappa shape index (κ1) is 24.4. The summed E-state index contributed by atoms with van der Waals surface area (Å²) in [6, 6.07) is 19.2. The number of benzene rings is 2. The van der Waals surface area contributed by atoms with E-state index in [0.29, 0.717) is 11.0 Å². The summed E-state index contributed by atoms with van der Waals surface area (Å²) >= 11 is 4.74. The Hall–Kier alpha value is -3.76. The maximum Gasteiger partial charge on any atom is 0.250 e. The number of thioether (sulfide) groups is 1. The summed E-state index contributed by atoms with van der Waals surface area (Å²) in [5.74, 6) is 1.29. The fourth-order valence-corrected chi connectivity index (χ4v) is 4.15. The number of amides is 1. The van der Waals surface area contributed by atoms with Crippen molar-refractivity contribution in [3.8, 4) is 22.8 Å². The molecular formula is C25H21BrN6O2S. The lowest BCUT2D eigenvalue weighted by atomic mass is 10.2. The number of ether oxygens (including phenoxy) is 1. The molecule has 0 radical (unpaired) electrons. The first-order valence-electron chi connectivity index (χ1n) is 10.5. The monoisotopic (exact) mass is 548 g/mol. The van der Waals surface area contributed by atoms with Crippen LogP contribution in [0.15, 0.2) is 93.9 Å². The number of hydrazone groups is 1. The standard InChI is InChI=1S/C25H21BrN6O2S/c1-34-22-7-3-2-5-18(22)6-4-14-28-29-23(33)17-35-25-31-30-24(19-12-15-27-16-13-19)32(25)21-10-8-20(26)9-11-21/h2-16H,17H2,1H3,(H,29,33)/b6-4+,28-14-. The molecule has 0 aliphatic carbocycles. The van der Waals surface area contributed by atoms with Gasteiger partial charge in [0.25, 0.3) is 5.91 Å². The Morgan fingerprint density at radius 3 is 2.66 bits per heavy atom. The van der Waals surface area contributed by atoms with Crippen LogP contribution in [-0.2, 0) is 4.79 Å². The molecule has 0 saturated heterocycles. The summed E-state index contributed by atoms with van der Waals surface area (Å²) in [5.41, 5.74) is 5.20. The third kappa shape index (κ3) is 6.43. The minimum absolute atomic E-state index is 0.124. The summed E-state index contributed by atoms with van der Waals surface area (Å²) in [4.78, 5) is 16.4. The van der Waals surface area contributed by atoms with Crippen molar-refractivity contribution < 1.29 is 9.53 Å². The van der Waals surface area contributed by atoms with E-state index < -0.39 is 0 Å². The Morgan fingerprint density at radius 1 is 1.11 bits per heavy atom. The van der Waals surface area contributed by atoms with Crippen LogP contribution < -0.4 is 10.2 Å². The fourth-order valence-electron chi connectivity index (χ4n) is 3.14. The molecule has 8 nitrogen and oxygen atoms in total. The van der Waals surface area contributed by atoms with Crippen molar-refractivity contribution in [2.45, 2.75) is 5.16 Å². The van der Waals surface area contributed by atoms with Crippen molar-refractivity contribution in [2.75, 3.05) is 12.9 Å². The Kier molecular flexibility index (Phi) is 8.42. The van der Waals surface area contributed by atoms with Gasteiger partial charge in [-0.1, -0.05) is 45.9 Å². The molecule has 2 aromatic carbocycles. The van der Waals surface area contributed by atoms with Gasteiger partial charge in [-0.15, -0.1) is 10.2 Å². The SMILES string of the molecule is COc1ccccc1/C=C/C=N\NC(=O)CSc1nnc(-c2ccncc2)n1-c1ccc(Br)cc1. The van der Waals surface area contributed by atoms with Crippen LogP contribution in [0.1, 0.15) is 5.56 Å². The van der Waals surface area contributed by atoms with E-state index in [2.05, 4.69) is 41.6 Å². The number of carbonyl (C=O) groups excluding carboxylic acids is 1. The lowest BCUT2D eigenvalue weighted by molar-refractivity contribution is -0.118. The van der Waals surface area contributed by atoms with E-state index in [-0.39, 0.29) is 11.7 Å². The minimum atomic E-state index is -0.257. The largest absolute Gasteiger partial charge is 0.496 e. The number of carbonyl (C=O) groups is 1.